The van der Waals surface area contributed by atoms with Crippen molar-refractivity contribution >= 4 is 17.9 Å². The summed E-state index contributed by atoms with van der Waals surface area (Å²) in [6.45, 7) is 1.80. The van der Waals surface area contributed by atoms with Crippen molar-refractivity contribution in [1.29, 1.82) is 0 Å². The lowest BCUT2D eigenvalue weighted by Crippen LogP contribution is -2.13. The Morgan fingerprint density at radius 3 is 2.54 bits per heavy atom. The molecule has 0 aliphatic heterocycles. The van der Waals surface area contributed by atoms with E-state index in [1.165, 1.54) is 18.3 Å². The van der Waals surface area contributed by atoms with Gasteiger partial charge in [-0.15, -0.1) is 0 Å². The number of benzene rings is 1. The van der Waals surface area contributed by atoms with Crippen LogP contribution in [0.25, 0.3) is 11.6 Å². The molecule has 1 aromatic heterocycles. The number of alkyl halides is 3. The summed E-state index contributed by atoms with van der Waals surface area (Å²) in [5.74, 6) is -0.536. The molecule has 2 aromatic rings. The quantitative estimate of drug-likeness (QED) is 0.414. The molecule has 0 spiro atoms. The Morgan fingerprint density at radius 1 is 1.07 bits per heavy atom. The average Bonchev–Trinajstić information content (AvgIpc) is 3.01. The first-order valence-corrected chi connectivity index (χ1v) is 8.55. The molecular weight excluding hydrogens is 370 g/mol. The van der Waals surface area contributed by atoms with Crippen molar-refractivity contribution in [3.63, 3.8) is 0 Å². The molecule has 0 N–H and O–H groups in total. The number of aliphatic imine (C=N–C) groups is 1. The predicted octanol–water partition coefficient (Wildman–Crippen LogP) is 6.89. The molecule has 1 aliphatic carbocycles. The van der Waals surface area contributed by atoms with Crippen LogP contribution >= 0.6 is 0 Å². The second-order valence-corrected chi connectivity index (χ2v) is 6.15. The highest BCUT2D eigenvalue weighted by atomic mass is 19.4. The van der Waals surface area contributed by atoms with Crippen LogP contribution in [0.15, 0.2) is 87.2 Å². The van der Waals surface area contributed by atoms with Gasteiger partial charge in [0.25, 0.3) is 0 Å². The maximum absolute atomic E-state index is 13.7. The summed E-state index contributed by atoms with van der Waals surface area (Å²) in [4.78, 5) is 4.25. The second kappa shape index (κ2) is 8.25. The maximum atomic E-state index is 13.7. The van der Waals surface area contributed by atoms with Gasteiger partial charge in [0, 0.05) is 11.3 Å². The molecular formula is C22H17F4NO. The Hall–Kier alpha value is -3.15. The standard InChI is InChI=1S/C22H17F4NO/c1-15(12-16-6-3-2-4-7-16)27-14-18-10-11-21(28-18)19-13-17(23)8-5-9-20(19)22(24,25)26/h2-4,6-14H,5H2,1H3/b15-12+,27-14+. The van der Waals surface area contributed by atoms with E-state index in [4.69, 9.17) is 4.42 Å². The molecule has 0 fully saturated rings. The largest absolute Gasteiger partial charge is 0.455 e. The first-order chi connectivity index (χ1) is 13.3. The van der Waals surface area contributed by atoms with Crippen LogP contribution in [0.5, 0.6) is 0 Å². The fourth-order valence-electron chi connectivity index (χ4n) is 2.71. The molecule has 1 heterocycles. The number of halogens is 4. The SMILES string of the molecule is CC(=C\c1ccccc1)/N=C/c1ccc(C2=CC(F)=CCC=C2C(F)(F)F)o1. The molecule has 2 nitrogen and oxygen atoms in total. The van der Waals surface area contributed by atoms with Crippen molar-refractivity contribution in [3.8, 4) is 0 Å². The smallest absolute Gasteiger partial charge is 0.416 e. The summed E-state index contributed by atoms with van der Waals surface area (Å²) >= 11 is 0. The summed E-state index contributed by atoms with van der Waals surface area (Å²) in [6, 6.07) is 12.4. The van der Waals surface area contributed by atoms with Crippen LogP contribution in [0.2, 0.25) is 0 Å². The van der Waals surface area contributed by atoms with Gasteiger partial charge in [0.15, 0.2) is 0 Å². The third kappa shape index (κ3) is 4.97. The number of nitrogens with zero attached hydrogens (tertiary/aromatic N) is 1. The van der Waals surface area contributed by atoms with Gasteiger partial charge in [0.1, 0.15) is 17.3 Å². The van der Waals surface area contributed by atoms with Crippen molar-refractivity contribution < 1.29 is 22.0 Å². The minimum atomic E-state index is -4.61. The summed E-state index contributed by atoms with van der Waals surface area (Å²) in [6.07, 6.45) is 1.40. The average molecular weight is 387 g/mol. The van der Waals surface area contributed by atoms with Gasteiger partial charge in [-0.05, 0) is 49.3 Å². The number of furan rings is 1. The molecule has 3 rings (SSSR count). The minimum Gasteiger partial charge on any atom is -0.455 e. The lowest BCUT2D eigenvalue weighted by Gasteiger charge is -2.13. The first-order valence-electron chi connectivity index (χ1n) is 8.55. The van der Waals surface area contributed by atoms with Crippen molar-refractivity contribution in [1.82, 2.24) is 0 Å². The van der Waals surface area contributed by atoms with Crippen LogP contribution in [0.1, 0.15) is 30.4 Å². The topological polar surface area (TPSA) is 25.5 Å². The molecule has 0 bridgehead atoms. The Labute approximate surface area is 159 Å². The normalized spacial score (nSPS) is 15.9. The molecule has 0 amide bonds. The lowest BCUT2D eigenvalue weighted by molar-refractivity contribution is -0.0873. The monoisotopic (exact) mass is 387 g/mol. The van der Waals surface area contributed by atoms with E-state index in [1.54, 1.807) is 6.92 Å². The maximum Gasteiger partial charge on any atom is 0.416 e. The summed E-state index contributed by atoms with van der Waals surface area (Å²) in [5, 5.41) is 0. The molecule has 0 saturated heterocycles. The minimum absolute atomic E-state index is 0.0693. The molecule has 0 saturated carbocycles. The fraction of sp³-hybridized carbons (Fsp3) is 0.136. The van der Waals surface area contributed by atoms with E-state index in [1.807, 2.05) is 36.4 Å². The van der Waals surface area contributed by atoms with E-state index in [0.29, 0.717) is 5.70 Å². The number of hydrogen-bond acceptors (Lipinski definition) is 2. The molecule has 0 unspecified atom stereocenters. The van der Waals surface area contributed by atoms with Crippen LogP contribution < -0.4 is 0 Å². The molecule has 1 aromatic carbocycles. The van der Waals surface area contributed by atoms with E-state index in [0.717, 1.165) is 23.8 Å². The van der Waals surface area contributed by atoms with Gasteiger partial charge < -0.3 is 4.42 Å². The van der Waals surface area contributed by atoms with E-state index in [2.05, 4.69) is 4.99 Å². The highest BCUT2D eigenvalue weighted by Gasteiger charge is 2.37. The van der Waals surface area contributed by atoms with Gasteiger partial charge in [0.2, 0.25) is 0 Å². The van der Waals surface area contributed by atoms with E-state index < -0.39 is 17.6 Å². The van der Waals surface area contributed by atoms with E-state index in [9.17, 15) is 17.6 Å². The number of hydrogen-bond donors (Lipinski definition) is 0. The van der Waals surface area contributed by atoms with Crippen LogP contribution in [0.4, 0.5) is 17.6 Å². The Bertz CT molecular complexity index is 989. The summed E-state index contributed by atoms with van der Waals surface area (Å²) in [5.41, 5.74) is 0.412. The summed E-state index contributed by atoms with van der Waals surface area (Å²) < 4.78 is 59.2. The van der Waals surface area contributed by atoms with Crippen LogP contribution in [0.3, 0.4) is 0 Å². The van der Waals surface area contributed by atoms with E-state index >= 15 is 0 Å². The van der Waals surface area contributed by atoms with Gasteiger partial charge in [0.05, 0.1) is 11.8 Å². The zero-order chi connectivity index (χ0) is 20.1. The van der Waals surface area contributed by atoms with Crippen LogP contribution in [0, 0.1) is 0 Å². The molecule has 1 aliphatic rings. The van der Waals surface area contributed by atoms with Gasteiger partial charge >= 0.3 is 6.18 Å². The van der Waals surface area contributed by atoms with Gasteiger partial charge in [-0.3, -0.25) is 4.99 Å². The zero-order valence-electron chi connectivity index (χ0n) is 15.0. The van der Waals surface area contributed by atoms with Crippen molar-refractivity contribution in [2.45, 2.75) is 19.5 Å². The molecule has 28 heavy (non-hydrogen) atoms. The highest BCUT2D eigenvalue weighted by Crippen LogP contribution is 2.39. The molecule has 0 atom stereocenters. The van der Waals surface area contributed by atoms with E-state index in [-0.39, 0.29) is 23.5 Å². The highest BCUT2D eigenvalue weighted by molar-refractivity contribution is 5.83. The first kappa shape index (κ1) is 19.6. The second-order valence-electron chi connectivity index (χ2n) is 6.15. The third-order valence-electron chi connectivity index (χ3n) is 3.98. The zero-order valence-corrected chi connectivity index (χ0v) is 15.0. The van der Waals surface area contributed by atoms with Crippen molar-refractivity contribution in [3.05, 3.63) is 94.9 Å². The van der Waals surface area contributed by atoms with Gasteiger partial charge in [-0.2, -0.15) is 13.2 Å². The Balaban J connectivity index is 1.85. The molecule has 0 radical (unpaired) electrons. The van der Waals surface area contributed by atoms with Crippen molar-refractivity contribution in [2.24, 2.45) is 4.99 Å². The van der Waals surface area contributed by atoms with Crippen LogP contribution in [-0.4, -0.2) is 12.4 Å². The Morgan fingerprint density at radius 2 is 1.82 bits per heavy atom. The van der Waals surface area contributed by atoms with Crippen LogP contribution in [-0.2, 0) is 0 Å². The molecule has 6 heteroatoms. The lowest BCUT2D eigenvalue weighted by atomic mass is 10.0. The number of rotatable bonds is 4. The Kier molecular flexibility index (Phi) is 5.78. The van der Waals surface area contributed by atoms with Crippen molar-refractivity contribution in [2.75, 3.05) is 0 Å². The third-order valence-corrected chi connectivity index (χ3v) is 3.98. The molecule has 144 valence electrons. The van der Waals surface area contributed by atoms with Gasteiger partial charge in [-0.1, -0.05) is 36.4 Å². The van der Waals surface area contributed by atoms with Gasteiger partial charge in [-0.25, -0.2) is 4.39 Å². The summed E-state index contributed by atoms with van der Waals surface area (Å²) in [7, 11) is 0. The fourth-order valence-corrected chi connectivity index (χ4v) is 2.71. The number of allylic oxidation sites excluding steroid dienone is 7. The predicted molar refractivity (Wildman–Crippen MR) is 102 cm³/mol.